The minimum Gasteiger partial charge on any atom is -0.338 e. The van der Waals surface area contributed by atoms with Crippen LogP contribution in [0.3, 0.4) is 0 Å². The summed E-state index contributed by atoms with van der Waals surface area (Å²) in [5.74, 6) is 3.54. The summed E-state index contributed by atoms with van der Waals surface area (Å²) in [4.78, 5) is 6.33. The Morgan fingerprint density at radius 2 is 2.27 bits per heavy atom. The second-order valence-electron chi connectivity index (χ2n) is 3.64. The predicted molar refractivity (Wildman–Crippen MR) is 56.1 cm³/mol. The predicted octanol–water partition coefficient (Wildman–Crippen LogP) is 0.693. The molecule has 1 aliphatic heterocycles. The largest absolute Gasteiger partial charge is 0.338 e. The number of terminal acetylenes is 1. The number of anilines is 1. The lowest BCUT2D eigenvalue weighted by atomic mass is 10.2. The minimum absolute atomic E-state index is 0.348. The van der Waals surface area contributed by atoms with E-state index in [9.17, 15) is 0 Å². The summed E-state index contributed by atoms with van der Waals surface area (Å²) in [7, 11) is 0. The van der Waals surface area contributed by atoms with Gasteiger partial charge in [-0.15, -0.1) is 12.3 Å². The first kappa shape index (κ1) is 9.99. The molecule has 15 heavy (non-hydrogen) atoms. The monoisotopic (exact) mass is 206 g/mol. The average Bonchev–Trinajstić information content (AvgIpc) is 2.89. The quantitative estimate of drug-likeness (QED) is 0.737. The van der Waals surface area contributed by atoms with Crippen LogP contribution in [0, 0.1) is 12.3 Å². The van der Waals surface area contributed by atoms with Gasteiger partial charge >= 0.3 is 0 Å². The van der Waals surface area contributed by atoms with E-state index >= 15 is 0 Å². The Hall–Kier alpha value is -1.54. The van der Waals surface area contributed by atoms with Crippen LogP contribution >= 0.6 is 0 Å². The van der Waals surface area contributed by atoms with Crippen molar-refractivity contribution in [3.63, 3.8) is 0 Å². The molecular weight excluding hydrogens is 192 g/mol. The molecule has 1 fully saturated rings. The summed E-state index contributed by atoms with van der Waals surface area (Å²) >= 11 is 0. The third-order valence-corrected chi connectivity index (χ3v) is 2.47. The zero-order chi connectivity index (χ0) is 10.7. The second-order valence-corrected chi connectivity index (χ2v) is 3.64. The molecule has 1 atom stereocenters. The average molecular weight is 206 g/mol. The fourth-order valence-corrected chi connectivity index (χ4v) is 1.64. The summed E-state index contributed by atoms with van der Waals surface area (Å²) in [6.07, 6.45) is 7.95. The van der Waals surface area contributed by atoms with Crippen LogP contribution in [-0.2, 0) is 0 Å². The summed E-state index contributed by atoms with van der Waals surface area (Å²) in [5, 5.41) is 3.89. The molecule has 2 rings (SSSR count). The van der Waals surface area contributed by atoms with Crippen molar-refractivity contribution < 1.29 is 4.52 Å². The molecule has 0 amide bonds. The van der Waals surface area contributed by atoms with Gasteiger partial charge in [0.1, 0.15) is 0 Å². The lowest BCUT2D eigenvalue weighted by molar-refractivity contribution is 0.356. The maximum atomic E-state index is 5.76. The highest BCUT2D eigenvalue weighted by atomic mass is 16.5. The molecule has 0 spiro atoms. The van der Waals surface area contributed by atoms with Crippen molar-refractivity contribution in [1.29, 1.82) is 0 Å². The van der Waals surface area contributed by atoms with Crippen LogP contribution in [0.4, 0.5) is 5.95 Å². The van der Waals surface area contributed by atoms with E-state index in [2.05, 4.69) is 21.0 Å². The Bertz CT molecular complexity index is 362. The Labute approximate surface area is 88.6 Å². The lowest BCUT2D eigenvalue weighted by Gasteiger charge is -2.09. The van der Waals surface area contributed by atoms with Gasteiger partial charge in [0.15, 0.2) is 0 Å². The first-order valence-electron chi connectivity index (χ1n) is 5.09. The van der Waals surface area contributed by atoms with Crippen molar-refractivity contribution in [2.75, 3.05) is 18.0 Å². The van der Waals surface area contributed by atoms with E-state index in [1.54, 1.807) is 0 Å². The fourth-order valence-electron chi connectivity index (χ4n) is 1.64. The van der Waals surface area contributed by atoms with Gasteiger partial charge in [-0.05, 0) is 18.0 Å². The Morgan fingerprint density at radius 1 is 1.53 bits per heavy atom. The molecule has 0 aromatic carbocycles. The maximum Gasteiger partial charge on any atom is 0.266 e. The third-order valence-electron chi connectivity index (χ3n) is 2.47. The van der Waals surface area contributed by atoms with Crippen LogP contribution in [0.5, 0.6) is 0 Å². The second kappa shape index (κ2) is 4.32. The zero-order valence-corrected chi connectivity index (χ0v) is 8.52. The van der Waals surface area contributed by atoms with Crippen LogP contribution in [0.15, 0.2) is 4.52 Å². The molecule has 1 unspecified atom stereocenters. The molecule has 1 aliphatic rings. The fraction of sp³-hybridized carbons (Fsp3) is 0.600. The van der Waals surface area contributed by atoms with E-state index in [0.717, 1.165) is 13.1 Å². The molecule has 0 radical (unpaired) electrons. The van der Waals surface area contributed by atoms with Gasteiger partial charge in [-0.1, -0.05) is 0 Å². The molecule has 2 heterocycles. The molecule has 5 heteroatoms. The number of rotatable bonds is 3. The van der Waals surface area contributed by atoms with Crippen molar-refractivity contribution in [1.82, 2.24) is 10.1 Å². The highest BCUT2D eigenvalue weighted by molar-refractivity contribution is 5.29. The standard InChI is InChI=1S/C10H14N4O/c1-2-5-8(11)9-12-10(13-15-9)14-6-3-4-7-14/h1,8H,3-7,11H2. The van der Waals surface area contributed by atoms with Gasteiger partial charge in [-0.2, -0.15) is 4.98 Å². The summed E-state index contributed by atoms with van der Waals surface area (Å²) in [5.41, 5.74) is 5.76. The molecule has 2 N–H and O–H groups in total. The van der Waals surface area contributed by atoms with Gasteiger partial charge in [0.05, 0.1) is 6.04 Å². The summed E-state index contributed by atoms with van der Waals surface area (Å²) in [6.45, 7) is 1.98. The molecular formula is C10H14N4O. The molecule has 0 aliphatic carbocycles. The SMILES string of the molecule is C#CCC(N)c1nc(N2CCCC2)no1. The van der Waals surface area contributed by atoms with Gasteiger partial charge in [-0.3, -0.25) is 0 Å². The van der Waals surface area contributed by atoms with Crippen LogP contribution in [0.1, 0.15) is 31.2 Å². The minimum atomic E-state index is -0.348. The van der Waals surface area contributed by atoms with E-state index in [1.165, 1.54) is 12.8 Å². The van der Waals surface area contributed by atoms with Crippen LogP contribution in [0.25, 0.3) is 0 Å². The first-order valence-corrected chi connectivity index (χ1v) is 5.09. The van der Waals surface area contributed by atoms with Gasteiger partial charge < -0.3 is 15.2 Å². The van der Waals surface area contributed by atoms with Crippen LogP contribution < -0.4 is 10.6 Å². The topological polar surface area (TPSA) is 68.2 Å². The summed E-state index contributed by atoms with van der Waals surface area (Å²) < 4.78 is 5.07. The number of nitrogens with zero attached hydrogens (tertiary/aromatic N) is 3. The van der Waals surface area contributed by atoms with E-state index in [-0.39, 0.29) is 6.04 Å². The Morgan fingerprint density at radius 3 is 2.93 bits per heavy atom. The number of hydrogen-bond acceptors (Lipinski definition) is 5. The summed E-state index contributed by atoms with van der Waals surface area (Å²) in [6, 6.07) is -0.348. The van der Waals surface area contributed by atoms with Gasteiger partial charge in [0.25, 0.3) is 5.95 Å². The Kier molecular flexibility index (Phi) is 2.88. The van der Waals surface area contributed by atoms with Crippen molar-refractivity contribution in [2.24, 2.45) is 5.73 Å². The maximum absolute atomic E-state index is 5.76. The lowest BCUT2D eigenvalue weighted by Crippen LogP contribution is -2.19. The van der Waals surface area contributed by atoms with Crippen molar-refractivity contribution in [2.45, 2.75) is 25.3 Å². The Balaban J connectivity index is 2.06. The zero-order valence-electron chi connectivity index (χ0n) is 8.52. The molecule has 0 saturated carbocycles. The third kappa shape index (κ3) is 2.10. The number of aromatic nitrogens is 2. The van der Waals surface area contributed by atoms with Crippen molar-refractivity contribution in [3.05, 3.63) is 5.89 Å². The van der Waals surface area contributed by atoms with E-state index in [1.807, 2.05) is 0 Å². The van der Waals surface area contributed by atoms with Gasteiger partial charge in [0, 0.05) is 19.5 Å². The number of hydrogen-bond donors (Lipinski definition) is 1. The highest BCUT2D eigenvalue weighted by Gasteiger charge is 2.20. The molecule has 5 nitrogen and oxygen atoms in total. The first-order chi connectivity index (χ1) is 7.31. The molecule has 80 valence electrons. The number of nitrogens with two attached hydrogens (primary N) is 1. The van der Waals surface area contributed by atoms with E-state index < -0.39 is 0 Å². The van der Waals surface area contributed by atoms with Crippen LogP contribution in [-0.4, -0.2) is 23.2 Å². The molecule has 1 aromatic rings. The van der Waals surface area contributed by atoms with Crippen molar-refractivity contribution >= 4 is 5.95 Å². The van der Waals surface area contributed by atoms with E-state index in [4.69, 9.17) is 16.7 Å². The highest BCUT2D eigenvalue weighted by Crippen LogP contribution is 2.19. The van der Waals surface area contributed by atoms with Crippen LogP contribution in [0.2, 0.25) is 0 Å². The normalized spacial score (nSPS) is 17.7. The molecule has 0 bridgehead atoms. The van der Waals surface area contributed by atoms with Crippen molar-refractivity contribution in [3.8, 4) is 12.3 Å². The molecule has 1 saturated heterocycles. The van der Waals surface area contributed by atoms with E-state index in [0.29, 0.717) is 18.3 Å². The molecule has 1 aromatic heterocycles. The van der Waals surface area contributed by atoms with Gasteiger partial charge in [0.2, 0.25) is 5.89 Å². The van der Waals surface area contributed by atoms with Gasteiger partial charge in [-0.25, -0.2) is 0 Å². The smallest absolute Gasteiger partial charge is 0.266 e.